The molecule has 0 amide bonds. The number of carbonyl (C=O) groups excluding carboxylic acids is 3. The number of aryl methyl sites for hydroxylation is 1. The number of phenols is 2. The fraction of sp³-hybridized carbons (Fsp3) is 0.231. The highest BCUT2D eigenvalue weighted by Crippen LogP contribution is 2.57. The summed E-state index contributed by atoms with van der Waals surface area (Å²) < 4.78 is 5.79. The predicted molar refractivity (Wildman–Crippen MR) is 128 cm³/mol. The first-order valence-corrected chi connectivity index (χ1v) is 11.0. The van der Waals surface area contributed by atoms with Crippen molar-refractivity contribution in [2.45, 2.75) is 40.0 Å². The van der Waals surface area contributed by atoms with Gasteiger partial charge >= 0.3 is 0 Å². The first-order chi connectivity index (χ1) is 16.4. The van der Waals surface area contributed by atoms with Crippen LogP contribution >= 0.6 is 0 Å². The molecular formula is C26H23N3O6. The zero-order valence-electron chi connectivity index (χ0n) is 19.8. The molecule has 4 N–H and O–H groups in total. The van der Waals surface area contributed by atoms with Gasteiger partial charge in [0, 0.05) is 23.0 Å². The molecule has 0 saturated heterocycles. The predicted octanol–water partition coefficient (Wildman–Crippen LogP) is 3.87. The summed E-state index contributed by atoms with van der Waals surface area (Å²) in [6, 6.07) is 5.43. The van der Waals surface area contributed by atoms with Gasteiger partial charge in [-0.1, -0.05) is 0 Å². The van der Waals surface area contributed by atoms with Crippen LogP contribution in [0.25, 0.3) is 11.0 Å². The van der Waals surface area contributed by atoms with Crippen molar-refractivity contribution in [1.29, 1.82) is 0 Å². The Morgan fingerprint density at radius 3 is 2.54 bits per heavy atom. The first kappa shape index (κ1) is 22.4. The van der Waals surface area contributed by atoms with Gasteiger partial charge in [0.05, 0.1) is 22.2 Å². The Kier molecular flexibility index (Phi) is 4.67. The number of H-pyrrole nitrogens is 1. The van der Waals surface area contributed by atoms with Crippen LogP contribution in [0.4, 0.5) is 5.69 Å². The maximum atomic E-state index is 13.9. The highest BCUT2D eigenvalue weighted by molar-refractivity contribution is 6.31. The van der Waals surface area contributed by atoms with E-state index >= 15 is 0 Å². The zero-order chi connectivity index (χ0) is 25.4. The Bertz CT molecular complexity index is 1580. The number of aromatic amines is 1. The SMILES string of the molecule is CC(=O)c1c(O)c(C)c(O)c2c1OC1=CC(=O)C(=C(C)Nc3ccc4nc(C)[nH]c4c3)C(=O)C12C. The van der Waals surface area contributed by atoms with Gasteiger partial charge < -0.3 is 25.3 Å². The summed E-state index contributed by atoms with van der Waals surface area (Å²) in [5.74, 6) is -1.78. The fourth-order valence-electron chi connectivity index (χ4n) is 4.86. The van der Waals surface area contributed by atoms with Gasteiger partial charge in [-0.05, 0) is 52.8 Å². The van der Waals surface area contributed by atoms with Gasteiger partial charge in [0.1, 0.15) is 39.8 Å². The van der Waals surface area contributed by atoms with Crippen LogP contribution in [-0.4, -0.2) is 37.5 Å². The van der Waals surface area contributed by atoms with Gasteiger partial charge in [-0.3, -0.25) is 14.4 Å². The van der Waals surface area contributed by atoms with Crippen molar-refractivity contribution >= 4 is 34.1 Å². The quantitative estimate of drug-likeness (QED) is 0.255. The van der Waals surface area contributed by atoms with Crippen LogP contribution < -0.4 is 10.1 Å². The maximum absolute atomic E-state index is 13.9. The Balaban J connectivity index is 1.65. The molecule has 2 aliphatic rings. The van der Waals surface area contributed by atoms with E-state index in [0.717, 1.165) is 16.9 Å². The summed E-state index contributed by atoms with van der Waals surface area (Å²) in [5, 5.41) is 24.5. The number of imidazole rings is 1. The van der Waals surface area contributed by atoms with Crippen molar-refractivity contribution in [3.05, 3.63) is 63.8 Å². The van der Waals surface area contributed by atoms with Crippen molar-refractivity contribution in [3.8, 4) is 17.2 Å². The van der Waals surface area contributed by atoms with E-state index in [1.54, 1.807) is 13.0 Å². The lowest BCUT2D eigenvalue weighted by Crippen LogP contribution is -2.40. The van der Waals surface area contributed by atoms with Gasteiger partial charge in [-0.25, -0.2) is 4.98 Å². The number of fused-ring (bicyclic) bond motifs is 4. The molecule has 3 aromatic rings. The zero-order valence-corrected chi connectivity index (χ0v) is 19.8. The number of allylic oxidation sites excluding steroid dienone is 4. The van der Waals surface area contributed by atoms with E-state index in [1.165, 1.54) is 26.8 Å². The van der Waals surface area contributed by atoms with Crippen LogP contribution in [0.2, 0.25) is 0 Å². The number of phenolic OH excluding ortho intramolecular Hbond substituents is 2. The monoisotopic (exact) mass is 473 g/mol. The smallest absolute Gasteiger partial charge is 0.194 e. The Morgan fingerprint density at radius 2 is 1.86 bits per heavy atom. The molecule has 0 spiro atoms. The van der Waals surface area contributed by atoms with Crippen molar-refractivity contribution in [2.24, 2.45) is 0 Å². The number of aromatic hydroxyl groups is 2. The maximum Gasteiger partial charge on any atom is 0.194 e. The van der Waals surface area contributed by atoms with E-state index < -0.39 is 28.5 Å². The third kappa shape index (κ3) is 3.01. The normalized spacial score (nSPS) is 20.3. The molecule has 0 saturated carbocycles. The average molecular weight is 473 g/mol. The number of ketones is 3. The lowest BCUT2D eigenvalue weighted by Gasteiger charge is -2.29. The van der Waals surface area contributed by atoms with E-state index in [1.807, 2.05) is 19.1 Å². The minimum Gasteiger partial charge on any atom is -0.507 e. The molecule has 5 rings (SSSR count). The molecule has 0 bridgehead atoms. The molecule has 35 heavy (non-hydrogen) atoms. The third-order valence-electron chi connectivity index (χ3n) is 6.69. The lowest BCUT2D eigenvalue weighted by atomic mass is 9.70. The van der Waals surface area contributed by atoms with Crippen LogP contribution in [0.3, 0.4) is 0 Å². The first-order valence-electron chi connectivity index (χ1n) is 11.0. The largest absolute Gasteiger partial charge is 0.507 e. The Morgan fingerprint density at radius 1 is 1.14 bits per heavy atom. The summed E-state index contributed by atoms with van der Waals surface area (Å²) in [5.41, 5.74) is 0.876. The molecule has 1 unspecified atom stereocenters. The summed E-state index contributed by atoms with van der Waals surface area (Å²) in [6.45, 7) is 7.69. The molecular weight excluding hydrogens is 450 g/mol. The molecule has 0 radical (unpaired) electrons. The van der Waals surface area contributed by atoms with Crippen LogP contribution in [-0.2, 0) is 15.0 Å². The number of rotatable bonds is 3. The van der Waals surface area contributed by atoms with E-state index in [-0.39, 0.29) is 39.5 Å². The second-order valence-electron chi connectivity index (χ2n) is 9.07. The highest BCUT2D eigenvalue weighted by atomic mass is 16.5. The number of ether oxygens (including phenoxy) is 1. The van der Waals surface area contributed by atoms with Gasteiger partial charge in [0.15, 0.2) is 17.3 Å². The number of nitrogens with one attached hydrogen (secondary N) is 2. The molecule has 1 atom stereocenters. The fourth-order valence-corrected chi connectivity index (χ4v) is 4.86. The average Bonchev–Trinajstić information content (AvgIpc) is 3.28. The summed E-state index contributed by atoms with van der Waals surface area (Å²) in [7, 11) is 0. The van der Waals surface area contributed by atoms with Crippen LogP contribution in [0, 0.1) is 13.8 Å². The summed E-state index contributed by atoms with van der Waals surface area (Å²) >= 11 is 0. The van der Waals surface area contributed by atoms with Crippen LogP contribution in [0.5, 0.6) is 17.2 Å². The lowest BCUT2D eigenvalue weighted by molar-refractivity contribution is -0.123. The van der Waals surface area contributed by atoms with E-state index in [0.29, 0.717) is 11.4 Å². The van der Waals surface area contributed by atoms with Crippen molar-refractivity contribution < 1.29 is 29.3 Å². The van der Waals surface area contributed by atoms with Gasteiger partial charge in [-0.2, -0.15) is 0 Å². The third-order valence-corrected chi connectivity index (χ3v) is 6.69. The molecule has 1 aromatic heterocycles. The number of nitrogens with zero attached hydrogens (tertiary/aromatic N) is 1. The molecule has 2 heterocycles. The minimum atomic E-state index is -1.56. The molecule has 178 valence electrons. The Labute approximate surface area is 200 Å². The topological polar surface area (TPSA) is 142 Å². The van der Waals surface area contributed by atoms with Crippen molar-refractivity contribution in [1.82, 2.24) is 9.97 Å². The standard InChI is InChI=1S/C26H23N3O6/c1-10-22(32)20(12(3)30)24-21(23(10)33)26(5)18(35-24)9-17(31)19(25(26)34)11(2)27-14-6-7-15-16(8-14)29-13(4)28-15/h6-9,27,32-33H,1-5H3,(H,28,29). The van der Waals surface area contributed by atoms with E-state index in [9.17, 15) is 24.6 Å². The molecule has 1 aliphatic carbocycles. The molecule has 0 fully saturated rings. The number of anilines is 1. The van der Waals surface area contributed by atoms with Crippen molar-refractivity contribution in [3.63, 3.8) is 0 Å². The second-order valence-corrected chi connectivity index (χ2v) is 9.07. The van der Waals surface area contributed by atoms with E-state index in [4.69, 9.17) is 4.74 Å². The van der Waals surface area contributed by atoms with Gasteiger partial charge in [0.25, 0.3) is 0 Å². The minimum absolute atomic E-state index is 0.00351. The number of Topliss-reactive ketones (excluding diaryl/α,β-unsaturated/α-hetero) is 2. The summed E-state index contributed by atoms with van der Waals surface area (Å²) in [6.07, 6.45) is 1.19. The molecule has 9 heteroatoms. The molecule has 2 aromatic carbocycles. The van der Waals surface area contributed by atoms with Gasteiger partial charge in [0.2, 0.25) is 0 Å². The second kappa shape index (κ2) is 7.30. The number of hydrogen-bond acceptors (Lipinski definition) is 8. The number of hydrogen-bond donors (Lipinski definition) is 4. The number of benzene rings is 2. The van der Waals surface area contributed by atoms with Crippen LogP contribution in [0.15, 0.2) is 41.3 Å². The molecule has 1 aliphatic heterocycles. The highest BCUT2D eigenvalue weighted by Gasteiger charge is 2.56. The number of carbonyl (C=O) groups is 3. The Hall–Kier alpha value is -4.40. The van der Waals surface area contributed by atoms with E-state index in [2.05, 4.69) is 15.3 Å². The summed E-state index contributed by atoms with van der Waals surface area (Å²) in [4.78, 5) is 46.7. The van der Waals surface area contributed by atoms with Gasteiger partial charge in [-0.15, -0.1) is 0 Å². The van der Waals surface area contributed by atoms with Crippen LogP contribution in [0.1, 0.15) is 48.1 Å². The van der Waals surface area contributed by atoms with Crippen molar-refractivity contribution in [2.75, 3.05) is 5.32 Å². The molecule has 9 nitrogen and oxygen atoms in total. The number of aromatic nitrogens is 2.